The highest BCUT2D eigenvalue weighted by Gasteiger charge is 2.52. The summed E-state index contributed by atoms with van der Waals surface area (Å²) >= 11 is 0. The lowest BCUT2D eigenvalue weighted by Crippen LogP contribution is -2.41. The van der Waals surface area contributed by atoms with Crippen LogP contribution in [0.2, 0.25) is 0 Å². The summed E-state index contributed by atoms with van der Waals surface area (Å²) in [6, 6.07) is 29.5. The average molecular weight is 835 g/mol. The molecule has 4 aromatic carbocycles. The van der Waals surface area contributed by atoms with Crippen molar-refractivity contribution < 1.29 is 42.5 Å². The Labute approximate surface area is 363 Å². The van der Waals surface area contributed by atoms with Gasteiger partial charge in [0.1, 0.15) is 17.5 Å². The molecule has 0 spiro atoms. The number of nitrogens with one attached hydrogen (secondary N) is 1. The molecule has 0 atom stereocenters. The molecule has 11 nitrogen and oxygen atoms in total. The molecule has 0 radical (unpaired) electrons. The topological polar surface area (TPSA) is 145 Å². The minimum Gasteiger partial charge on any atom is -0.456 e. The van der Waals surface area contributed by atoms with E-state index in [9.17, 15) is 14.4 Å². The molecule has 0 amide bonds. The maximum Gasteiger partial charge on any atom is 0.494 e. The summed E-state index contributed by atoms with van der Waals surface area (Å²) < 4.78 is 34.7. The van der Waals surface area contributed by atoms with Gasteiger partial charge in [0, 0.05) is 23.5 Å². The molecular weight excluding hydrogens is 770 g/mol. The molecule has 61 heavy (non-hydrogen) atoms. The van der Waals surface area contributed by atoms with Crippen molar-refractivity contribution in [1.82, 2.24) is 0 Å². The molecule has 0 saturated carbocycles. The fraction of sp³-hybridized carbons (Fsp3) is 0.438. The first-order chi connectivity index (χ1) is 28.1. The van der Waals surface area contributed by atoms with Gasteiger partial charge in [-0.2, -0.15) is 0 Å². The molecule has 6 rings (SSSR count). The second-order valence-electron chi connectivity index (χ2n) is 19.3. The molecular formula is C48H64B2N2O9. The summed E-state index contributed by atoms with van der Waals surface area (Å²) in [5.74, 6) is -0.637. The van der Waals surface area contributed by atoms with E-state index >= 15 is 0 Å². The van der Waals surface area contributed by atoms with E-state index in [2.05, 4.69) is 45.1 Å². The minimum absolute atomic E-state index is 0.316. The SMILES string of the molecule is CC(C)(C)OC(=O)c1ccc(N)cc1.CC(C)(C)OC(=O)c1ccc(NCc2cccc(B3OC(C)(C)C(C)(C)O3)c2)cc1.CC1(C)OB(c2cccc(C=O)c2)OC1(C)C. The fourth-order valence-corrected chi connectivity index (χ4v) is 5.81. The number of anilines is 2. The van der Waals surface area contributed by atoms with Gasteiger partial charge < -0.3 is 39.1 Å². The third kappa shape index (κ3) is 13.8. The van der Waals surface area contributed by atoms with Crippen LogP contribution in [0.15, 0.2) is 97.1 Å². The smallest absolute Gasteiger partial charge is 0.456 e. The van der Waals surface area contributed by atoms with Crippen molar-refractivity contribution in [1.29, 1.82) is 0 Å². The molecule has 326 valence electrons. The van der Waals surface area contributed by atoms with Crippen LogP contribution in [-0.2, 0) is 34.6 Å². The number of esters is 2. The third-order valence-corrected chi connectivity index (χ3v) is 10.6. The quantitative estimate of drug-likeness (QED) is 0.0763. The van der Waals surface area contributed by atoms with Crippen LogP contribution in [0, 0.1) is 0 Å². The third-order valence-electron chi connectivity index (χ3n) is 10.6. The van der Waals surface area contributed by atoms with E-state index in [4.69, 9.17) is 33.8 Å². The Kier molecular flexibility index (Phi) is 15.2. The summed E-state index contributed by atoms with van der Waals surface area (Å²) in [5, 5.41) is 3.39. The standard InChI is InChI=1S/C24H32BNO4.C13H17BO3.C11H15NO2/c1-22(2,3)28-21(27)18-11-13-20(14-12-18)26-16-17-9-8-10-19(15-17)25-29-23(4,5)24(6,7)30-25;1-12(2)13(3,4)17-14(16-12)11-7-5-6-10(8-11)9-15;1-11(2,3)14-10(13)8-4-6-9(12)7-5-8/h8-15,26H,16H2,1-7H3;5-9H,1-4H3;4-7H,12H2,1-3H3. The number of benzene rings is 4. The molecule has 0 aromatic heterocycles. The number of aldehydes is 1. The molecule has 0 unspecified atom stereocenters. The Bertz CT molecular complexity index is 2090. The Balaban J connectivity index is 0.000000223. The second kappa shape index (κ2) is 19.0. The molecule has 2 heterocycles. The van der Waals surface area contributed by atoms with Crippen molar-refractivity contribution >= 4 is 54.8 Å². The summed E-state index contributed by atoms with van der Waals surface area (Å²) in [5.41, 5.74) is 9.40. The van der Waals surface area contributed by atoms with Crippen LogP contribution in [0.5, 0.6) is 0 Å². The first-order valence-corrected chi connectivity index (χ1v) is 20.6. The van der Waals surface area contributed by atoms with Gasteiger partial charge in [-0.3, -0.25) is 4.79 Å². The Hall–Kier alpha value is -4.94. The fourth-order valence-electron chi connectivity index (χ4n) is 5.81. The number of ether oxygens (including phenoxy) is 2. The maximum atomic E-state index is 12.1. The zero-order chi connectivity index (χ0) is 45.6. The maximum absolute atomic E-state index is 12.1. The predicted octanol–water partition coefficient (Wildman–Crippen LogP) is 8.58. The normalized spacial score (nSPS) is 17.2. The monoisotopic (exact) mass is 834 g/mol. The van der Waals surface area contributed by atoms with E-state index < -0.39 is 18.3 Å². The number of carbonyl (C=O) groups is 3. The molecule has 13 heteroatoms. The van der Waals surface area contributed by atoms with Crippen molar-refractivity contribution in [3.05, 3.63) is 119 Å². The van der Waals surface area contributed by atoms with Crippen molar-refractivity contribution in [3.8, 4) is 0 Å². The highest BCUT2D eigenvalue weighted by molar-refractivity contribution is 6.62. The van der Waals surface area contributed by atoms with E-state index in [0.29, 0.717) is 28.9 Å². The first-order valence-electron chi connectivity index (χ1n) is 20.6. The molecule has 0 aliphatic carbocycles. The van der Waals surface area contributed by atoms with Crippen molar-refractivity contribution in [2.24, 2.45) is 0 Å². The van der Waals surface area contributed by atoms with Crippen LogP contribution in [-0.4, -0.2) is 66.1 Å². The van der Waals surface area contributed by atoms with Gasteiger partial charge in [-0.25, -0.2) is 9.59 Å². The zero-order valence-corrected chi connectivity index (χ0v) is 38.4. The number of hydrogen-bond donors (Lipinski definition) is 2. The van der Waals surface area contributed by atoms with Gasteiger partial charge >= 0.3 is 26.2 Å². The molecule has 2 aliphatic rings. The van der Waals surface area contributed by atoms with E-state index in [1.54, 1.807) is 48.5 Å². The lowest BCUT2D eigenvalue weighted by Gasteiger charge is -2.32. The summed E-state index contributed by atoms with van der Waals surface area (Å²) in [4.78, 5) is 34.4. The van der Waals surface area contributed by atoms with Crippen LogP contribution in [0.4, 0.5) is 11.4 Å². The molecule has 3 N–H and O–H groups in total. The molecule has 2 saturated heterocycles. The van der Waals surface area contributed by atoms with Crippen LogP contribution in [0.25, 0.3) is 0 Å². The molecule has 4 aromatic rings. The average Bonchev–Trinajstić information content (AvgIpc) is 3.53. The Morgan fingerprint density at radius 3 is 1.41 bits per heavy atom. The second-order valence-corrected chi connectivity index (χ2v) is 19.3. The lowest BCUT2D eigenvalue weighted by molar-refractivity contribution is 0.00570. The minimum atomic E-state index is -0.504. The summed E-state index contributed by atoms with van der Waals surface area (Å²) in [7, 11) is -0.775. The van der Waals surface area contributed by atoms with Gasteiger partial charge in [-0.1, -0.05) is 48.5 Å². The van der Waals surface area contributed by atoms with Crippen LogP contribution in [0.3, 0.4) is 0 Å². The van der Waals surface area contributed by atoms with Gasteiger partial charge in [0.15, 0.2) is 0 Å². The van der Waals surface area contributed by atoms with Gasteiger partial charge in [-0.05, 0) is 162 Å². The number of carbonyl (C=O) groups excluding carboxylic acids is 3. The number of nitrogen functional groups attached to an aromatic ring is 1. The van der Waals surface area contributed by atoms with E-state index in [0.717, 1.165) is 28.5 Å². The van der Waals surface area contributed by atoms with Crippen molar-refractivity contribution in [3.63, 3.8) is 0 Å². The Morgan fingerprint density at radius 1 is 0.607 bits per heavy atom. The van der Waals surface area contributed by atoms with Crippen molar-refractivity contribution in [2.75, 3.05) is 11.1 Å². The van der Waals surface area contributed by atoms with Crippen molar-refractivity contribution in [2.45, 2.75) is 137 Å². The highest BCUT2D eigenvalue weighted by Crippen LogP contribution is 2.37. The van der Waals surface area contributed by atoms with Gasteiger partial charge in [0.25, 0.3) is 0 Å². The van der Waals surface area contributed by atoms with Crippen LogP contribution < -0.4 is 22.0 Å². The zero-order valence-electron chi connectivity index (χ0n) is 38.4. The van der Waals surface area contributed by atoms with Gasteiger partial charge in [-0.15, -0.1) is 0 Å². The first kappa shape index (κ1) is 48.7. The number of rotatable bonds is 8. The predicted molar refractivity (Wildman–Crippen MR) is 245 cm³/mol. The van der Waals surface area contributed by atoms with Gasteiger partial charge in [0.05, 0.1) is 33.5 Å². The lowest BCUT2D eigenvalue weighted by atomic mass is 9.78. The summed E-state index contributed by atoms with van der Waals surface area (Å²) in [6.07, 6.45) is 0.828. The van der Waals surface area contributed by atoms with E-state index in [1.807, 2.05) is 106 Å². The summed E-state index contributed by atoms with van der Waals surface area (Å²) in [6.45, 7) is 28.0. The number of hydrogen-bond acceptors (Lipinski definition) is 11. The van der Waals surface area contributed by atoms with Crippen LogP contribution in [0.1, 0.15) is 134 Å². The Morgan fingerprint density at radius 2 is 1.00 bits per heavy atom. The molecule has 2 aliphatic heterocycles. The largest absolute Gasteiger partial charge is 0.494 e. The van der Waals surface area contributed by atoms with E-state index in [1.165, 1.54) is 0 Å². The molecule has 2 fully saturated rings. The number of nitrogens with two attached hydrogens (primary N) is 1. The van der Waals surface area contributed by atoms with E-state index in [-0.39, 0.29) is 41.5 Å². The highest BCUT2D eigenvalue weighted by atomic mass is 16.7. The van der Waals surface area contributed by atoms with Crippen LogP contribution >= 0.6 is 0 Å². The van der Waals surface area contributed by atoms with Gasteiger partial charge in [0.2, 0.25) is 0 Å². The molecule has 0 bridgehead atoms.